The summed E-state index contributed by atoms with van der Waals surface area (Å²) in [4.78, 5) is 30.5. The summed E-state index contributed by atoms with van der Waals surface area (Å²) in [6.45, 7) is 2.39. The highest BCUT2D eigenvalue weighted by Gasteiger charge is 2.27. The van der Waals surface area contributed by atoms with Crippen LogP contribution in [0.25, 0.3) is 0 Å². The van der Waals surface area contributed by atoms with Crippen molar-refractivity contribution in [2.45, 2.75) is 45.2 Å². The molecule has 2 amide bonds. The summed E-state index contributed by atoms with van der Waals surface area (Å²) in [5.74, 6) is 0.0261. The third kappa shape index (κ3) is 5.90. The zero-order valence-corrected chi connectivity index (χ0v) is 22.0. The van der Waals surface area contributed by atoms with E-state index >= 15 is 0 Å². The molecule has 5 nitrogen and oxygen atoms in total. The first-order valence-corrected chi connectivity index (χ1v) is 12.9. The lowest BCUT2D eigenvalue weighted by Gasteiger charge is -2.32. The molecule has 6 heteroatoms. The number of halogens is 1. The quantitative estimate of drug-likeness (QED) is 0.362. The van der Waals surface area contributed by atoms with E-state index in [2.05, 4.69) is 5.32 Å². The zero-order chi connectivity index (χ0) is 25.7. The van der Waals surface area contributed by atoms with E-state index in [0.717, 1.165) is 48.2 Å². The number of hydrogen-bond acceptors (Lipinski definition) is 3. The van der Waals surface area contributed by atoms with Crippen molar-refractivity contribution in [3.63, 3.8) is 0 Å². The number of carbonyl (C=O) groups excluding carboxylic acids is 2. The summed E-state index contributed by atoms with van der Waals surface area (Å²) in [5.41, 5.74) is 4.21. The smallest absolute Gasteiger partial charge is 0.256 e. The maximum absolute atomic E-state index is 13.9. The van der Waals surface area contributed by atoms with Gasteiger partial charge in [0.1, 0.15) is 0 Å². The predicted molar refractivity (Wildman–Crippen MR) is 148 cm³/mol. The molecule has 4 rings (SSSR count). The first-order chi connectivity index (χ1) is 17.3. The Kier molecular flexibility index (Phi) is 8.32. The standard InChI is InChI=1S/C30H34ClN3O2/c1-21(22-11-5-4-6-12-22)34(30(36)26-15-9-10-16-27(26)31)20-24-19-25(17-18-28(24)33(2)3)32-29(35)23-13-7-8-14-23/h4-6,9-12,15-19,21,23H,7-8,13-14,20H2,1-3H3,(H,32,35)/t21-/m0/s1. The number of nitrogens with one attached hydrogen (secondary N) is 1. The monoisotopic (exact) mass is 503 g/mol. The molecule has 0 heterocycles. The van der Waals surface area contributed by atoms with Crippen LogP contribution < -0.4 is 10.2 Å². The zero-order valence-electron chi connectivity index (χ0n) is 21.2. The van der Waals surface area contributed by atoms with Crippen LogP contribution in [0.15, 0.2) is 72.8 Å². The third-order valence-electron chi connectivity index (χ3n) is 7.01. The van der Waals surface area contributed by atoms with Crippen LogP contribution in [0.4, 0.5) is 11.4 Å². The number of hydrogen-bond donors (Lipinski definition) is 1. The highest BCUT2D eigenvalue weighted by molar-refractivity contribution is 6.33. The van der Waals surface area contributed by atoms with E-state index in [1.54, 1.807) is 12.1 Å². The maximum Gasteiger partial charge on any atom is 0.256 e. The predicted octanol–water partition coefficient (Wildman–Crippen LogP) is 6.94. The van der Waals surface area contributed by atoms with E-state index in [1.807, 2.05) is 91.5 Å². The average molecular weight is 504 g/mol. The molecule has 0 spiro atoms. The topological polar surface area (TPSA) is 52.7 Å². The molecule has 3 aromatic rings. The van der Waals surface area contributed by atoms with Crippen molar-refractivity contribution < 1.29 is 9.59 Å². The maximum atomic E-state index is 13.9. The number of carbonyl (C=O) groups is 2. The van der Waals surface area contributed by atoms with Crippen LogP contribution in [0.2, 0.25) is 5.02 Å². The Bertz CT molecular complexity index is 1210. The molecule has 3 aromatic carbocycles. The van der Waals surface area contributed by atoms with Crippen LogP contribution in [-0.4, -0.2) is 30.8 Å². The van der Waals surface area contributed by atoms with Gasteiger partial charge in [-0.25, -0.2) is 0 Å². The number of rotatable bonds is 8. The minimum atomic E-state index is -0.193. The second-order valence-electron chi connectivity index (χ2n) is 9.71. The van der Waals surface area contributed by atoms with E-state index < -0.39 is 0 Å². The second-order valence-corrected chi connectivity index (χ2v) is 10.1. The summed E-state index contributed by atoms with van der Waals surface area (Å²) < 4.78 is 0. The first-order valence-electron chi connectivity index (χ1n) is 12.6. The van der Waals surface area contributed by atoms with Gasteiger partial charge >= 0.3 is 0 Å². The fraction of sp³-hybridized carbons (Fsp3) is 0.333. The minimum Gasteiger partial charge on any atom is -0.377 e. The van der Waals surface area contributed by atoms with Crippen LogP contribution >= 0.6 is 11.6 Å². The molecule has 0 unspecified atom stereocenters. The molecule has 0 bridgehead atoms. The van der Waals surface area contributed by atoms with Gasteiger partial charge in [-0.3, -0.25) is 9.59 Å². The molecule has 1 N–H and O–H groups in total. The van der Waals surface area contributed by atoms with Gasteiger partial charge in [0.2, 0.25) is 5.91 Å². The Labute approximate surface area is 219 Å². The molecule has 0 aliphatic heterocycles. The molecule has 36 heavy (non-hydrogen) atoms. The fourth-order valence-electron chi connectivity index (χ4n) is 4.93. The molecule has 188 valence electrons. The van der Waals surface area contributed by atoms with Gasteiger partial charge in [-0.05, 0) is 61.2 Å². The fourth-order valence-corrected chi connectivity index (χ4v) is 5.14. The second kappa shape index (κ2) is 11.6. The van der Waals surface area contributed by atoms with Gasteiger partial charge in [-0.2, -0.15) is 0 Å². The summed E-state index contributed by atoms with van der Waals surface area (Å²) in [7, 11) is 3.97. The molecular formula is C30H34ClN3O2. The lowest BCUT2D eigenvalue weighted by atomic mass is 10.0. The van der Waals surface area contributed by atoms with Crippen molar-refractivity contribution in [2.75, 3.05) is 24.3 Å². The van der Waals surface area contributed by atoms with E-state index in [-0.39, 0.29) is 23.8 Å². The van der Waals surface area contributed by atoms with Crippen LogP contribution in [0, 0.1) is 5.92 Å². The minimum absolute atomic E-state index is 0.0812. The Morgan fingerprint density at radius 2 is 1.64 bits per heavy atom. The summed E-state index contributed by atoms with van der Waals surface area (Å²) >= 11 is 6.44. The van der Waals surface area contributed by atoms with E-state index in [9.17, 15) is 9.59 Å². The molecule has 1 atom stereocenters. The van der Waals surface area contributed by atoms with Crippen LogP contribution in [0.1, 0.15) is 60.1 Å². The van der Waals surface area contributed by atoms with Crippen LogP contribution in [0.3, 0.4) is 0 Å². The molecule has 1 fully saturated rings. The van der Waals surface area contributed by atoms with Crippen molar-refractivity contribution in [1.29, 1.82) is 0 Å². The Morgan fingerprint density at radius 3 is 2.31 bits per heavy atom. The molecular weight excluding hydrogens is 470 g/mol. The normalized spacial score (nSPS) is 14.3. The van der Waals surface area contributed by atoms with Gasteiger partial charge in [-0.15, -0.1) is 0 Å². The lowest BCUT2D eigenvalue weighted by Crippen LogP contribution is -2.34. The molecule has 0 saturated heterocycles. The third-order valence-corrected chi connectivity index (χ3v) is 7.34. The summed E-state index contributed by atoms with van der Waals surface area (Å²) in [5, 5.41) is 3.54. The Balaban J connectivity index is 1.69. The van der Waals surface area contributed by atoms with E-state index in [4.69, 9.17) is 11.6 Å². The van der Waals surface area contributed by atoms with E-state index in [1.165, 1.54) is 0 Å². The number of amides is 2. The Morgan fingerprint density at radius 1 is 0.972 bits per heavy atom. The van der Waals surface area contributed by atoms with Gasteiger partial charge in [0.15, 0.2) is 0 Å². The summed E-state index contributed by atoms with van der Waals surface area (Å²) in [6.07, 6.45) is 4.12. The average Bonchev–Trinajstić information content (AvgIpc) is 3.43. The SMILES string of the molecule is C[C@@H](c1ccccc1)N(Cc1cc(NC(=O)C2CCCC2)ccc1N(C)C)C(=O)c1ccccc1Cl. The van der Waals surface area contributed by atoms with Crippen molar-refractivity contribution >= 4 is 34.8 Å². The number of nitrogens with zero attached hydrogens (tertiary/aromatic N) is 2. The Hall–Kier alpha value is -3.31. The van der Waals surface area contributed by atoms with Crippen molar-refractivity contribution in [1.82, 2.24) is 4.90 Å². The summed E-state index contributed by atoms with van der Waals surface area (Å²) in [6, 6.07) is 22.9. The van der Waals surface area contributed by atoms with Gasteiger partial charge in [-0.1, -0.05) is 66.9 Å². The van der Waals surface area contributed by atoms with Gasteiger partial charge < -0.3 is 15.1 Å². The van der Waals surface area contributed by atoms with Crippen LogP contribution in [-0.2, 0) is 11.3 Å². The van der Waals surface area contributed by atoms with Crippen LogP contribution in [0.5, 0.6) is 0 Å². The molecule has 1 saturated carbocycles. The highest BCUT2D eigenvalue weighted by Crippen LogP contribution is 2.32. The lowest BCUT2D eigenvalue weighted by molar-refractivity contribution is -0.119. The molecule has 0 aromatic heterocycles. The van der Waals surface area contributed by atoms with Crippen molar-refractivity contribution in [2.24, 2.45) is 5.92 Å². The largest absolute Gasteiger partial charge is 0.377 e. The van der Waals surface area contributed by atoms with Crippen molar-refractivity contribution in [3.05, 3.63) is 94.5 Å². The molecule has 0 radical (unpaired) electrons. The number of anilines is 2. The van der Waals surface area contributed by atoms with Gasteiger partial charge in [0.05, 0.1) is 16.6 Å². The molecule has 1 aliphatic carbocycles. The van der Waals surface area contributed by atoms with E-state index in [0.29, 0.717) is 17.1 Å². The number of benzene rings is 3. The first kappa shape index (κ1) is 25.8. The van der Waals surface area contributed by atoms with Crippen molar-refractivity contribution in [3.8, 4) is 0 Å². The van der Waals surface area contributed by atoms with Gasteiger partial charge in [0, 0.05) is 37.9 Å². The molecule has 1 aliphatic rings. The van der Waals surface area contributed by atoms with Gasteiger partial charge in [0.25, 0.3) is 5.91 Å². The highest BCUT2D eigenvalue weighted by atomic mass is 35.5.